The Balaban J connectivity index is 2.06. The molecule has 166 valence electrons. The van der Waals surface area contributed by atoms with Gasteiger partial charge in [-0.15, -0.1) is 0 Å². The second-order valence-corrected chi connectivity index (χ2v) is 7.10. The predicted molar refractivity (Wildman–Crippen MR) is 107 cm³/mol. The van der Waals surface area contributed by atoms with Crippen molar-refractivity contribution < 1.29 is 36.2 Å². The Bertz CT molecular complexity index is 1210. The lowest BCUT2D eigenvalue weighted by Crippen LogP contribution is -2.25. The second kappa shape index (κ2) is 8.96. The molecule has 1 amide bonds. The Kier molecular flexibility index (Phi) is 6.50. The molecule has 0 saturated carbocycles. The van der Waals surface area contributed by atoms with Crippen LogP contribution in [0.3, 0.4) is 0 Å². The lowest BCUT2D eigenvalue weighted by molar-refractivity contribution is -0.114. The van der Waals surface area contributed by atoms with Crippen molar-refractivity contribution in [2.75, 3.05) is 18.7 Å². The first-order valence-electron chi connectivity index (χ1n) is 8.62. The monoisotopic (exact) mass is 515 g/mol. The van der Waals surface area contributed by atoms with Crippen molar-refractivity contribution in [3.63, 3.8) is 0 Å². The van der Waals surface area contributed by atoms with E-state index >= 15 is 0 Å². The number of carbonyl (C=O) groups excluding carboxylic acids is 1. The van der Waals surface area contributed by atoms with E-state index < -0.39 is 40.7 Å². The maximum absolute atomic E-state index is 14.2. The standard InChI is InChI=1S/C20H11BrF5N3O3/c1-8-10(5-9-6-12(31-2)13(7-11(9)21)32-4-3-27)20(30)29(28-8)19-17(25)15(23)14(22)16(24)18(19)26/h5-7H,4H2,1-2H3/b10-5+. The Morgan fingerprint density at radius 2 is 1.69 bits per heavy atom. The maximum atomic E-state index is 14.2. The quantitative estimate of drug-likeness (QED) is 0.246. The summed E-state index contributed by atoms with van der Waals surface area (Å²) in [6, 6.07) is 4.72. The van der Waals surface area contributed by atoms with Crippen molar-refractivity contribution in [1.82, 2.24) is 0 Å². The Hall–Kier alpha value is -3.46. The molecule has 3 rings (SSSR count). The third-order valence-electron chi connectivity index (χ3n) is 4.34. The molecular formula is C20H11BrF5N3O3. The first-order valence-corrected chi connectivity index (χ1v) is 9.42. The van der Waals surface area contributed by atoms with Gasteiger partial charge >= 0.3 is 0 Å². The Morgan fingerprint density at radius 3 is 2.25 bits per heavy atom. The molecule has 2 aromatic rings. The highest BCUT2D eigenvalue weighted by Crippen LogP contribution is 2.37. The first-order chi connectivity index (χ1) is 15.1. The fourth-order valence-corrected chi connectivity index (χ4v) is 3.25. The van der Waals surface area contributed by atoms with Crippen molar-refractivity contribution in [2.45, 2.75) is 6.92 Å². The topological polar surface area (TPSA) is 74.9 Å². The van der Waals surface area contributed by atoms with Gasteiger partial charge in [0.25, 0.3) is 5.91 Å². The van der Waals surface area contributed by atoms with Crippen LogP contribution in [0, 0.1) is 40.4 Å². The fraction of sp³-hybridized carbons (Fsp3) is 0.150. The van der Waals surface area contributed by atoms with Gasteiger partial charge < -0.3 is 9.47 Å². The number of hydrazone groups is 1. The Morgan fingerprint density at radius 1 is 1.09 bits per heavy atom. The van der Waals surface area contributed by atoms with Crippen LogP contribution in [-0.4, -0.2) is 25.3 Å². The zero-order valence-corrected chi connectivity index (χ0v) is 17.9. The molecule has 1 aliphatic rings. The smallest absolute Gasteiger partial charge is 0.280 e. The van der Waals surface area contributed by atoms with Gasteiger partial charge in [-0.25, -0.2) is 22.0 Å². The lowest BCUT2D eigenvalue weighted by atomic mass is 10.1. The number of methoxy groups -OCH3 is 1. The highest BCUT2D eigenvalue weighted by Gasteiger charge is 2.37. The van der Waals surface area contributed by atoms with E-state index in [2.05, 4.69) is 21.0 Å². The van der Waals surface area contributed by atoms with E-state index in [9.17, 15) is 26.7 Å². The van der Waals surface area contributed by atoms with Gasteiger partial charge in [-0.1, -0.05) is 15.9 Å². The molecule has 12 heteroatoms. The normalized spacial score (nSPS) is 14.6. The number of rotatable bonds is 5. The molecule has 0 bridgehead atoms. The summed E-state index contributed by atoms with van der Waals surface area (Å²) in [5, 5.41) is 12.4. The van der Waals surface area contributed by atoms with E-state index in [1.165, 1.54) is 32.2 Å². The van der Waals surface area contributed by atoms with Crippen molar-refractivity contribution in [3.05, 3.63) is 56.8 Å². The van der Waals surface area contributed by atoms with Crippen LogP contribution < -0.4 is 14.5 Å². The second-order valence-electron chi connectivity index (χ2n) is 6.25. The summed E-state index contributed by atoms with van der Waals surface area (Å²) in [5.41, 5.74) is -1.33. The average Bonchev–Trinajstić information content (AvgIpc) is 3.04. The van der Waals surface area contributed by atoms with Crippen LogP contribution in [0.4, 0.5) is 27.6 Å². The number of hydrogen-bond acceptors (Lipinski definition) is 5. The number of anilines is 1. The number of nitrogens with zero attached hydrogens (tertiary/aromatic N) is 3. The van der Waals surface area contributed by atoms with E-state index in [4.69, 9.17) is 14.7 Å². The number of carbonyl (C=O) groups is 1. The predicted octanol–water partition coefficient (Wildman–Crippen LogP) is 4.86. The minimum atomic E-state index is -2.35. The lowest BCUT2D eigenvalue weighted by Gasteiger charge is -2.15. The van der Waals surface area contributed by atoms with Crippen LogP contribution in [-0.2, 0) is 4.79 Å². The van der Waals surface area contributed by atoms with Gasteiger partial charge in [0.2, 0.25) is 5.82 Å². The molecule has 0 saturated heterocycles. The van der Waals surface area contributed by atoms with E-state index in [1.54, 1.807) is 6.07 Å². The number of hydrogen-bond donors (Lipinski definition) is 0. The molecule has 0 atom stereocenters. The van der Waals surface area contributed by atoms with Gasteiger partial charge in [-0.2, -0.15) is 15.4 Å². The van der Waals surface area contributed by atoms with Crippen LogP contribution in [0.25, 0.3) is 6.08 Å². The minimum absolute atomic E-state index is 0.0328. The van der Waals surface area contributed by atoms with Crippen molar-refractivity contribution in [3.8, 4) is 17.6 Å². The van der Waals surface area contributed by atoms with Crippen LogP contribution in [0.5, 0.6) is 11.5 Å². The SMILES string of the molecule is COc1cc(/C=C2/C(=O)N(c3c(F)c(F)c(F)c(F)c3F)N=C2C)c(Br)cc1OCC#N. The largest absolute Gasteiger partial charge is 0.493 e. The molecule has 6 nitrogen and oxygen atoms in total. The van der Waals surface area contributed by atoms with Crippen LogP contribution in [0.15, 0.2) is 27.3 Å². The summed E-state index contributed by atoms with van der Waals surface area (Å²) >= 11 is 3.27. The van der Waals surface area contributed by atoms with Crippen LogP contribution in [0.1, 0.15) is 12.5 Å². The molecule has 2 aromatic carbocycles. The Labute approximate surface area is 186 Å². The zero-order valence-electron chi connectivity index (χ0n) is 16.3. The van der Waals surface area contributed by atoms with Gasteiger partial charge in [-0.05, 0) is 30.7 Å². The van der Waals surface area contributed by atoms with Gasteiger partial charge in [0.1, 0.15) is 11.8 Å². The fourth-order valence-electron chi connectivity index (χ4n) is 2.81. The molecular weight excluding hydrogens is 505 g/mol. The zero-order chi connectivity index (χ0) is 23.7. The molecule has 0 aliphatic carbocycles. The van der Waals surface area contributed by atoms with Crippen LogP contribution >= 0.6 is 15.9 Å². The summed E-state index contributed by atoms with van der Waals surface area (Å²) in [7, 11) is 1.34. The van der Waals surface area contributed by atoms with E-state index in [-0.39, 0.29) is 34.4 Å². The van der Waals surface area contributed by atoms with Gasteiger partial charge in [0.05, 0.1) is 18.4 Å². The highest BCUT2D eigenvalue weighted by molar-refractivity contribution is 9.10. The molecule has 0 unspecified atom stereocenters. The summed E-state index contributed by atoms with van der Waals surface area (Å²) in [6.45, 7) is 1.08. The van der Waals surface area contributed by atoms with E-state index in [0.717, 1.165) is 0 Å². The number of nitriles is 1. The van der Waals surface area contributed by atoms with Gasteiger partial charge in [0.15, 0.2) is 41.4 Å². The summed E-state index contributed by atoms with van der Waals surface area (Å²) in [4.78, 5) is 12.8. The van der Waals surface area contributed by atoms with Crippen molar-refractivity contribution in [2.24, 2.45) is 5.10 Å². The maximum Gasteiger partial charge on any atom is 0.280 e. The molecule has 0 N–H and O–H groups in total. The molecule has 1 heterocycles. The van der Waals surface area contributed by atoms with Crippen LogP contribution in [0.2, 0.25) is 0 Å². The highest BCUT2D eigenvalue weighted by atomic mass is 79.9. The summed E-state index contributed by atoms with van der Waals surface area (Å²) < 4.78 is 79.6. The number of amides is 1. The van der Waals surface area contributed by atoms with E-state index in [0.29, 0.717) is 10.0 Å². The van der Waals surface area contributed by atoms with Gasteiger partial charge in [-0.3, -0.25) is 4.79 Å². The first kappa shape index (κ1) is 23.2. The number of benzene rings is 2. The van der Waals surface area contributed by atoms with E-state index in [1.807, 2.05) is 0 Å². The number of ether oxygens (including phenoxy) is 2. The third kappa shape index (κ3) is 3.91. The third-order valence-corrected chi connectivity index (χ3v) is 5.02. The van der Waals surface area contributed by atoms with Crippen molar-refractivity contribution >= 4 is 39.3 Å². The molecule has 1 aliphatic heterocycles. The molecule has 0 aromatic heterocycles. The summed E-state index contributed by atoms with van der Waals surface area (Å²) in [6.07, 6.45) is 1.29. The number of halogens is 6. The molecule has 0 radical (unpaired) electrons. The minimum Gasteiger partial charge on any atom is -0.493 e. The molecule has 0 fully saturated rings. The average molecular weight is 516 g/mol. The van der Waals surface area contributed by atoms with Gasteiger partial charge in [0, 0.05) is 4.47 Å². The summed E-state index contributed by atoms with van der Waals surface area (Å²) in [5.74, 6) is -11.8. The molecule has 0 spiro atoms. The molecule has 32 heavy (non-hydrogen) atoms. The van der Waals surface area contributed by atoms with Crippen molar-refractivity contribution in [1.29, 1.82) is 5.26 Å².